The molecule has 0 aliphatic carbocycles. The Morgan fingerprint density at radius 3 is 2.56 bits per heavy atom. The van der Waals surface area contributed by atoms with E-state index >= 15 is 0 Å². The second-order valence-electron chi connectivity index (χ2n) is 7.92. The fourth-order valence-electron chi connectivity index (χ4n) is 4.06. The maximum absolute atomic E-state index is 13.2. The molecule has 1 saturated heterocycles. The average Bonchev–Trinajstić information content (AvgIpc) is 3.39. The minimum Gasteiger partial charge on any atom is -0.338 e. The normalized spacial score (nSPS) is 15.7. The molecule has 0 spiro atoms. The van der Waals surface area contributed by atoms with Crippen LogP contribution in [0.3, 0.4) is 0 Å². The molecule has 1 atom stereocenters. The lowest BCUT2D eigenvalue weighted by molar-refractivity contribution is -0.137. The first-order valence-corrected chi connectivity index (χ1v) is 10.7. The Morgan fingerprint density at radius 1 is 1.09 bits per heavy atom. The van der Waals surface area contributed by atoms with Gasteiger partial charge in [0.25, 0.3) is 5.91 Å². The van der Waals surface area contributed by atoms with Crippen molar-refractivity contribution in [2.75, 3.05) is 19.6 Å². The number of hydrogen-bond donors (Lipinski definition) is 0. The van der Waals surface area contributed by atoms with E-state index < -0.39 is 0 Å². The molecular formula is C25H25N5O2. The minimum absolute atomic E-state index is 0.0307. The van der Waals surface area contributed by atoms with E-state index in [9.17, 15) is 14.9 Å². The Labute approximate surface area is 187 Å². The zero-order valence-corrected chi connectivity index (χ0v) is 17.8. The number of likely N-dealkylation sites (tertiary alicyclic amines) is 1. The molecule has 0 saturated carbocycles. The molecular weight excluding hydrogens is 402 g/mol. The molecule has 7 nitrogen and oxygen atoms in total. The number of carbonyl (C=O) groups excluding carboxylic acids is 2. The van der Waals surface area contributed by atoms with Crippen LogP contribution in [0.15, 0.2) is 73.2 Å². The number of carbonyl (C=O) groups is 2. The van der Waals surface area contributed by atoms with Crippen molar-refractivity contribution in [2.24, 2.45) is 5.92 Å². The summed E-state index contributed by atoms with van der Waals surface area (Å²) in [6, 6.07) is 19.2. The quantitative estimate of drug-likeness (QED) is 0.566. The highest BCUT2D eigenvalue weighted by Gasteiger charge is 2.31. The third-order valence-electron chi connectivity index (χ3n) is 5.71. The molecule has 2 amide bonds. The summed E-state index contributed by atoms with van der Waals surface area (Å²) < 4.78 is 1.88. The summed E-state index contributed by atoms with van der Waals surface area (Å²) in [5.74, 6) is 0.237. The summed E-state index contributed by atoms with van der Waals surface area (Å²) >= 11 is 0. The molecule has 1 aliphatic rings. The van der Waals surface area contributed by atoms with Gasteiger partial charge in [0.15, 0.2) is 0 Å². The Kier molecular flexibility index (Phi) is 6.61. The zero-order chi connectivity index (χ0) is 22.3. The lowest BCUT2D eigenvalue weighted by atomic mass is 9.95. The monoisotopic (exact) mass is 427 g/mol. The summed E-state index contributed by atoms with van der Waals surface area (Å²) in [6.45, 7) is 1.39. The first kappa shape index (κ1) is 21.3. The number of pyridine rings is 1. The first-order valence-electron chi connectivity index (χ1n) is 10.7. The number of amides is 2. The molecule has 3 heterocycles. The van der Waals surface area contributed by atoms with E-state index in [0.717, 1.165) is 17.8 Å². The highest BCUT2D eigenvalue weighted by atomic mass is 16.2. The van der Waals surface area contributed by atoms with Gasteiger partial charge in [-0.05, 0) is 42.7 Å². The van der Waals surface area contributed by atoms with Crippen molar-refractivity contribution < 1.29 is 9.59 Å². The standard InChI is InChI=1S/C25H25N5O2/c26-12-16-30(18-20-7-2-1-3-8-20)25(32)22-9-6-15-29(19-22)24(31)21-10-11-23(27-17-21)28-13-4-5-14-28/h1-5,7-8,10-11,13-14,17,22H,6,9,15-16,18-19H2. The van der Waals surface area contributed by atoms with Crippen LogP contribution >= 0.6 is 0 Å². The minimum atomic E-state index is -0.308. The lowest BCUT2D eigenvalue weighted by Gasteiger charge is -2.34. The molecule has 2 aromatic heterocycles. The van der Waals surface area contributed by atoms with Crippen molar-refractivity contribution in [3.05, 3.63) is 84.3 Å². The van der Waals surface area contributed by atoms with Gasteiger partial charge >= 0.3 is 0 Å². The third-order valence-corrected chi connectivity index (χ3v) is 5.71. The van der Waals surface area contributed by atoms with Crippen LogP contribution in [0.1, 0.15) is 28.8 Å². The van der Waals surface area contributed by atoms with Gasteiger partial charge in [-0.15, -0.1) is 0 Å². The molecule has 1 unspecified atom stereocenters. The van der Waals surface area contributed by atoms with E-state index in [1.807, 2.05) is 65.5 Å². The number of nitriles is 1. The van der Waals surface area contributed by atoms with Crippen LogP contribution in [0.4, 0.5) is 0 Å². The first-order chi connectivity index (χ1) is 15.7. The van der Waals surface area contributed by atoms with E-state index in [1.54, 1.807) is 22.1 Å². The third kappa shape index (κ3) is 4.86. The second-order valence-corrected chi connectivity index (χ2v) is 7.92. The van der Waals surface area contributed by atoms with Crippen molar-refractivity contribution in [3.8, 4) is 11.9 Å². The molecule has 1 aliphatic heterocycles. The lowest BCUT2D eigenvalue weighted by Crippen LogP contribution is -2.46. The van der Waals surface area contributed by atoms with Crippen molar-refractivity contribution in [1.82, 2.24) is 19.4 Å². The van der Waals surface area contributed by atoms with E-state index in [2.05, 4.69) is 11.1 Å². The fraction of sp³-hybridized carbons (Fsp3) is 0.280. The van der Waals surface area contributed by atoms with Crippen LogP contribution in [-0.4, -0.2) is 50.8 Å². The number of rotatable bonds is 6. The van der Waals surface area contributed by atoms with Gasteiger partial charge in [0.1, 0.15) is 12.4 Å². The fourth-order valence-corrected chi connectivity index (χ4v) is 4.06. The SMILES string of the molecule is N#CCN(Cc1ccccc1)C(=O)C1CCCN(C(=O)c2ccc(-n3cccc3)nc2)C1. The van der Waals surface area contributed by atoms with Crippen molar-refractivity contribution >= 4 is 11.8 Å². The van der Waals surface area contributed by atoms with Crippen molar-refractivity contribution in [2.45, 2.75) is 19.4 Å². The number of benzene rings is 1. The molecule has 3 aromatic rings. The summed E-state index contributed by atoms with van der Waals surface area (Å²) in [7, 11) is 0. The van der Waals surface area contributed by atoms with Gasteiger partial charge in [-0.25, -0.2) is 4.98 Å². The van der Waals surface area contributed by atoms with Gasteiger partial charge in [0.05, 0.1) is 17.6 Å². The summed E-state index contributed by atoms with van der Waals surface area (Å²) in [4.78, 5) is 34.0. The molecule has 1 fully saturated rings. The Bertz CT molecular complexity index is 1090. The number of nitrogens with zero attached hydrogens (tertiary/aromatic N) is 5. The van der Waals surface area contributed by atoms with Crippen LogP contribution in [0, 0.1) is 17.2 Å². The van der Waals surface area contributed by atoms with E-state index in [1.165, 1.54) is 0 Å². The Morgan fingerprint density at radius 2 is 1.88 bits per heavy atom. The van der Waals surface area contributed by atoms with E-state index in [4.69, 9.17) is 0 Å². The molecule has 4 rings (SSSR count). The maximum Gasteiger partial charge on any atom is 0.255 e. The van der Waals surface area contributed by atoms with Gasteiger partial charge < -0.3 is 14.4 Å². The molecule has 162 valence electrons. The van der Waals surface area contributed by atoms with Gasteiger partial charge in [-0.3, -0.25) is 9.59 Å². The molecule has 7 heteroatoms. The molecule has 0 bridgehead atoms. The highest BCUT2D eigenvalue weighted by molar-refractivity contribution is 5.94. The molecule has 0 radical (unpaired) electrons. The highest BCUT2D eigenvalue weighted by Crippen LogP contribution is 2.22. The van der Waals surface area contributed by atoms with Crippen LogP contribution in [0.25, 0.3) is 5.82 Å². The van der Waals surface area contributed by atoms with E-state index in [0.29, 0.717) is 31.6 Å². The summed E-state index contributed by atoms with van der Waals surface area (Å²) in [5, 5.41) is 9.22. The predicted molar refractivity (Wildman–Crippen MR) is 120 cm³/mol. The van der Waals surface area contributed by atoms with Crippen LogP contribution in [-0.2, 0) is 11.3 Å². The van der Waals surface area contributed by atoms with Crippen molar-refractivity contribution in [1.29, 1.82) is 5.26 Å². The molecule has 1 aromatic carbocycles. The smallest absolute Gasteiger partial charge is 0.255 e. The van der Waals surface area contributed by atoms with Crippen LogP contribution < -0.4 is 0 Å². The predicted octanol–water partition coefficient (Wildman–Crippen LogP) is 3.28. The topological polar surface area (TPSA) is 82.2 Å². The van der Waals surface area contributed by atoms with Gasteiger partial charge in [-0.2, -0.15) is 5.26 Å². The molecule has 32 heavy (non-hydrogen) atoms. The van der Waals surface area contributed by atoms with Crippen LogP contribution in [0.2, 0.25) is 0 Å². The Balaban J connectivity index is 1.43. The second kappa shape index (κ2) is 9.92. The largest absolute Gasteiger partial charge is 0.338 e. The van der Waals surface area contributed by atoms with Crippen LogP contribution in [0.5, 0.6) is 0 Å². The number of piperidine rings is 1. The van der Waals surface area contributed by atoms with Gasteiger partial charge in [0.2, 0.25) is 5.91 Å². The van der Waals surface area contributed by atoms with Gasteiger partial charge in [-0.1, -0.05) is 30.3 Å². The maximum atomic E-state index is 13.2. The number of hydrogen-bond acceptors (Lipinski definition) is 4. The van der Waals surface area contributed by atoms with Crippen molar-refractivity contribution in [3.63, 3.8) is 0 Å². The van der Waals surface area contributed by atoms with Gasteiger partial charge in [0, 0.05) is 38.2 Å². The summed E-state index contributed by atoms with van der Waals surface area (Å²) in [5.41, 5.74) is 1.49. The zero-order valence-electron chi connectivity index (χ0n) is 17.8. The number of aromatic nitrogens is 2. The average molecular weight is 428 g/mol. The Hall–Kier alpha value is -3.92. The van der Waals surface area contributed by atoms with E-state index in [-0.39, 0.29) is 24.3 Å². The summed E-state index contributed by atoms with van der Waals surface area (Å²) in [6.07, 6.45) is 6.84. The molecule has 0 N–H and O–H groups in total.